The number of nitrogens with zero attached hydrogens (tertiary/aromatic N) is 3. The number of aromatic amines is 1. The third kappa shape index (κ3) is 8.32. The molecule has 14 heteroatoms. The van der Waals surface area contributed by atoms with Gasteiger partial charge in [0.05, 0.1) is 28.9 Å². The van der Waals surface area contributed by atoms with Crippen molar-refractivity contribution < 1.29 is 14.9 Å². The molecule has 6 aromatic rings. The van der Waals surface area contributed by atoms with Crippen molar-refractivity contribution in [3.63, 3.8) is 0 Å². The molecule has 3 aromatic carbocycles. The molecule has 3 aromatic heterocycles. The van der Waals surface area contributed by atoms with Crippen LogP contribution in [0, 0.1) is 0 Å². The molecule has 14 nitrogen and oxygen atoms in total. The first-order valence-corrected chi connectivity index (χ1v) is 19.6. The minimum atomic E-state index is -0.789. The number of phenolic OH excluding ortho intramolecular Hbond substituents is 1. The molecule has 0 bridgehead atoms. The van der Waals surface area contributed by atoms with E-state index in [9.17, 15) is 24.6 Å². The van der Waals surface area contributed by atoms with Crippen molar-refractivity contribution in [2.45, 2.75) is 84.0 Å². The van der Waals surface area contributed by atoms with Crippen LogP contribution in [0.15, 0.2) is 69.1 Å². The highest BCUT2D eigenvalue weighted by molar-refractivity contribution is 5.92. The minimum Gasteiger partial charge on any atom is -0.506 e. The molecule has 294 valence electrons. The number of rotatable bonds is 18. The number of ether oxygens (including phenoxy) is 1. The molecule has 1 aliphatic rings. The molecule has 0 aliphatic carbocycles. The summed E-state index contributed by atoms with van der Waals surface area (Å²) in [6.45, 7) is 7.63. The Kier molecular flexibility index (Phi) is 12.1. The number of hydrogen-bond donors (Lipinski definition) is 7. The quantitative estimate of drug-likeness (QED) is 0.0451. The number of anilines is 4. The van der Waals surface area contributed by atoms with Crippen molar-refractivity contribution in [3.05, 3.63) is 108 Å². The maximum atomic E-state index is 12.8. The summed E-state index contributed by atoms with van der Waals surface area (Å²) < 4.78 is 7.49. The molecule has 4 heterocycles. The summed E-state index contributed by atoms with van der Waals surface area (Å²) in [5.41, 5.74) is 5.67. The van der Waals surface area contributed by atoms with Crippen LogP contribution in [0.25, 0.3) is 21.9 Å². The number of nitrogens with one attached hydrogen (secondary N) is 5. The van der Waals surface area contributed by atoms with E-state index in [-0.39, 0.29) is 28.7 Å². The SMILES string of the molecule is CCc1nc2c(cnn2CC)c(NC2CCOCC2)c1CNc1c(Nc2ccc(CCCCCNCC(O)c3ccc(O)c4[nH]c(=O)ccc34)cc2)c(=O)c1=O. The smallest absolute Gasteiger partial charge is 0.253 e. The summed E-state index contributed by atoms with van der Waals surface area (Å²) in [5.74, 6) is -0.0321. The molecule has 0 spiro atoms. The van der Waals surface area contributed by atoms with Crippen LogP contribution in [0.3, 0.4) is 0 Å². The van der Waals surface area contributed by atoms with Gasteiger partial charge in [0, 0.05) is 67.3 Å². The number of benzene rings is 2. The monoisotopic (exact) mass is 762 g/mol. The summed E-state index contributed by atoms with van der Waals surface area (Å²) in [4.78, 5) is 44.9. The Balaban J connectivity index is 0.910. The average molecular weight is 763 g/mol. The highest BCUT2D eigenvalue weighted by atomic mass is 16.5. The summed E-state index contributed by atoms with van der Waals surface area (Å²) in [5, 5.41) is 40.5. The van der Waals surface area contributed by atoms with E-state index in [0.29, 0.717) is 55.7 Å². The molecular formula is C42H50N8O6. The van der Waals surface area contributed by atoms with Gasteiger partial charge in [0.25, 0.3) is 10.9 Å². The van der Waals surface area contributed by atoms with E-state index >= 15 is 0 Å². The lowest BCUT2D eigenvalue weighted by Gasteiger charge is -2.27. The van der Waals surface area contributed by atoms with E-state index in [4.69, 9.17) is 9.72 Å². The lowest BCUT2D eigenvalue weighted by atomic mass is 10.0. The lowest BCUT2D eigenvalue weighted by Crippen LogP contribution is -2.36. The number of hydrogen-bond acceptors (Lipinski definition) is 12. The molecule has 1 fully saturated rings. The van der Waals surface area contributed by atoms with Gasteiger partial charge in [-0.25, -0.2) is 9.67 Å². The van der Waals surface area contributed by atoms with Gasteiger partial charge in [0.2, 0.25) is 5.56 Å². The number of aryl methyl sites for hydroxylation is 3. The molecule has 1 aliphatic heterocycles. The Labute approximate surface area is 324 Å². The number of unbranched alkanes of at least 4 members (excludes halogenated alkanes) is 2. The number of H-pyrrole nitrogens is 1. The molecule has 7 N–H and O–H groups in total. The zero-order valence-corrected chi connectivity index (χ0v) is 31.9. The second kappa shape index (κ2) is 17.5. The normalized spacial score (nSPS) is 14.1. The van der Waals surface area contributed by atoms with Crippen molar-refractivity contribution in [3.8, 4) is 5.75 Å². The first-order chi connectivity index (χ1) is 27.2. The fourth-order valence-electron chi connectivity index (χ4n) is 7.51. The molecule has 1 atom stereocenters. The Hall–Kier alpha value is -5.57. The number of aromatic hydroxyl groups is 1. The van der Waals surface area contributed by atoms with E-state index in [0.717, 1.165) is 78.7 Å². The van der Waals surface area contributed by atoms with Crippen LogP contribution in [0.2, 0.25) is 0 Å². The molecule has 0 saturated carbocycles. The van der Waals surface area contributed by atoms with Crippen LogP contribution in [0.1, 0.15) is 74.4 Å². The first-order valence-electron chi connectivity index (χ1n) is 19.6. The van der Waals surface area contributed by atoms with Crippen LogP contribution >= 0.6 is 0 Å². The van der Waals surface area contributed by atoms with Gasteiger partial charge in [-0.15, -0.1) is 0 Å². The van der Waals surface area contributed by atoms with Crippen molar-refractivity contribution >= 4 is 44.7 Å². The summed E-state index contributed by atoms with van der Waals surface area (Å²) in [6.07, 6.45) is 7.37. The van der Waals surface area contributed by atoms with E-state index in [1.54, 1.807) is 12.1 Å². The van der Waals surface area contributed by atoms with Gasteiger partial charge in [-0.3, -0.25) is 14.4 Å². The summed E-state index contributed by atoms with van der Waals surface area (Å²) >= 11 is 0. The molecule has 0 radical (unpaired) electrons. The molecule has 0 amide bonds. The van der Waals surface area contributed by atoms with Gasteiger partial charge in [0.1, 0.15) is 17.1 Å². The number of pyridine rings is 2. The van der Waals surface area contributed by atoms with E-state index in [1.165, 1.54) is 17.7 Å². The van der Waals surface area contributed by atoms with E-state index in [1.807, 2.05) is 42.1 Å². The Bertz CT molecular complexity index is 2430. The number of fused-ring (bicyclic) bond motifs is 2. The van der Waals surface area contributed by atoms with Crippen LogP contribution in [0.5, 0.6) is 5.75 Å². The Morgan fingerprint density at radius 2 is 1.71 bits per heavy atom. The molecule has 1 unspecified atom stereocenters. The molecule has 1 saturated heterocycles. The van der Waals surface area contributed by atoms with Gasteiger partial charge >= 0.3 is 0 Å². The van der Waals surface area contributed by atoms with Gasteiger partial charge in [-0.2, -0.15) is 5.10 Å². The number of aromatic nitrogens is 4. The molecule has 7 rings (SSSR count). The maximum absolute atomic E-state index is 12.8. The standard InChI is InChI=1S/C42H50N8O6/c1-3-32-30(36(46-27-17-20-56-21-18-27)31-23-45-50(4-2)42(31)48-32)22-44-38-39(41(55)40(38)54)47-26-11-9-25(10-12-26)8-6-5-7-19-43-24-34(52)28-13-15-33(51)37-29(28)14-16-35(53)49-37/h9-16,23,27,34,43-44,47,51-52H,3-8,17-22,24H2,1-2H3,(H,46,48)(H,49,53). The van der Waals surface area contributed by atoms with Gasteiger partial charge < -0.3 is 41.2 Å². The Morgan fingerprint density at radius 3 is 2.48 bits per heavy atom. The summed E-state index contributed by atoms with van der Waals surface area (Å²) in [7, 11) is 0. The molecular weight excluding hydrogens is 713 g/mol. The van der Waals surface area contributed by atoms with Crippen LogP contribution in [-0.4, -0.2) is 62.3 Å². The molecule has 56 heavy (non-hydrogen) atoms. The van der Waals surface area contributed by atoms with Gasteiger partial charge in [-0.05, 0) is 87.4 Å². The van der Waals surface area contributed by atoms with E-state index in [2.05, 4.69) is 38.3 Å². The van der Waals surface area contributed by atoms with Crippen LogP contribution in [-0.2, 0) is 30.7 Å². The fraction of sp³-hybridized carbons (Fsp3) is 0.405. The average Bonchev–Trinajstić information content (AvgIpc) is 3.64. The lowest BCUT2D eigenvalue weighted by molar-refractivity contribution is 0.0904. The van der Waals surface area contributed by atoms with E-state index < -0.39 is 17.0 Å². The predicted octanol–water partition coefficient (Wildman–Crippen LogP) is 5.14. The number of phenols is 1. The number of aliphatic hydroxyl groups is 1. The first kappa shape index (κ1) is 38.7. The van der Waals surface area contributed by atoms with Crippen molar-refractivity contribution in [2.24, 2.45) is 0 Å². The highest BCUT2D eigenvalue weighted by Gasteiger charge is 2.25. The van der Waals surface area contributed by atoms with Crippen molar-refractivity contribution in [1.29, 1.82) is 0 Å². The predicted molar refractivity (Wildman–Crippen MR) is 220 cm³/mol. The second-order valence-corrected chi connectivity index (χ2v) is 14.4. The highest BCUT2D eigenvalue weighted by Crippen LogP contribution is 2.33. The third-order valence-corrected chi connectivity index (χ3v) is 10.7. The fourth-order valence-corrected chi connectivity index (χ4v) is 7.51. The zero-order chi connectivity index (χ0) is 39.2. The maximum Gasteiger partial charge on any atom is 0.253 e. The summed E-state index contributed by atoms with van der Waals surface area (Å²) in [6, 6.07) is 14.3. The van der Waals surface area contributed by atoms with Gasteiger partial charge in [0.15, 0.2) is 5.65 Å². The van der Waals surface area contributed by atoms with Crippen molar-refractivity contribution in [1.82, 2.24) is 25.1 Å². The minimum absolute atomic E-state index is 0.0321. The van der Waals surface area contributed by atoms with Crippen LogP contribution in [0.4, 0.5) is 22.7 Å². The zero-order valence-electron chi connectivity index (χ0n) is 31.9. The second-order valence-electron chi connectivity index (χ2n) is 14.4. The largest absolute Gasteiger partial charge is 0.506 e. The van der Waals surface area contributed by atoms with Crippen LogP contribution < -0.4 is 37.7 Å². The third-order valence-electron chi connectivity index (χ3n) is 10.7. The number of aliphatic hydroxyl groups excluding tert-OH is 1. The Morgan fingerprint density at radius 1 is 0.929 bits per heavy atom. The van der Waals surface area contributed by atoms with Crippen molar-refractivity contribution in [2.75, 3.05) is 42.3 Å². The van der Waals surface area contributed by atoms with Gasteiger partial charge in [-0.1, -0.05) is 31.5 Å². The topological polar surface area (TPSA) is 196 Å².